The van der Waals surface area contributed by atoms with Gasteiger partial charge in [0.2, 0.25) is 0 Å². The predicted molar refractivity (Wildman–Crippen MR) is 125 cm³/mol. The standard InChI is InChI=1S/C24H28N4O2S/c31-24(15-5-8-21-22(13-15)30-12-11-29-21)25-16-9-10-28(17-6-7-17)20(14-16)23-26-18-3-1-2-4-19(18)27-23/h1-5,8,13,16-20H,6-7,9-12,14H2,(H,25,31)(H,26,27)/t16-,18?,19?,20-/m1/s1. The third-order valence-electron chi connectivity index (χ3n) is 6.82. The molecule has 0 spiro atoms. The first kappa shape index (κ1) is 19.3. The molecule has 0 amide bonds. The highest BCUT2D eigenvalue weighted by Gasteiger charge is 2.42. The van der Waals surface area contributed by atoms with E-state index in [-0.39, 0.29) is 6.04 Å². The van der Waals surface area contributed by atoms with Crippen molar-refractivity contribution in [2.45, 2.75) is 55.9 Å². The van der Waals surface area contributed by atoms with E-state index in [0.717, 1.165) is 47.3 Å². The van der Waals surface area contributed by atoms with E-state index in [2.05, 4.69) is 39.8 Å². The first-order valence-electron chi connectivity index (χ1n) is 11.4. The topological polar surface area (TPSA) is 58.1 Å². The van der Waals surface area contributed by atoms with Crippen molar-refractivity contribution in [1.29, 1.82) is 0 Å². The van der Waals surface area contributed by atoms with E-state index in [1.807, 2.05) is 18.2 Å². The zero-order chi connectivity index (χ0) is 20.8. The van der Waals surface area contributed by atoms with E-state index in [9.17, 15) is 0 Å². The summed E-state index contributed by atoms with van der Waals surface area (Å²) in [5.74, 6) is 2.72. The fourth-order valence-electron chi connectivity index (χ4n) is 5.08. The molecule has 3 aliphatic heterocycles. The monoisotopic (exact) mass is 436 g/mol. The second-order valence-corrected chi connectivity index (χ2v) is 9.39. The first-order chi connectivity index (χ1) is 15.2. The summed E-state index contributed by atoms with van der Waals surface area (Å²) in [6.45, 7) is 2.26. The molecule has 2 unspecified atom stereocenters. The lowest BCUT2D eigenvalue weighted by Gasteiger charge is -2.40. The number of nitrogens with one attached hydrogen (secondary N) is 2. The van der Waals surface area contributed by atoms with E-state index in [1.54, 1.807) is 0 Å². The lowest BCUT2D eigenvalue weighted by atomic mass is 9.95. The molecule has 5 aliphatic rings. The van der Waals surface area contributed by atoms with Crippen LogP contribution in [-0.2, 0) is 0 Å². The molecule has 0 bridgehead atoms. The number of hydrogen-bond acceptors (Lipinski definition) is 6. The Labute approximate surface area is 188 Å². The van der Waals surface area contributed by atoms with Crippen LogP contribution in [0.25, 0.3) is 0 Å². The van der Waals surface area contributed by atoms with Gasteiger partial charge in [0.05, 0.1) is 18.1 Å². The fourth-order valence-corrected chi connectivity index (χ4v) is 5.38. The molecule has 2 N–H and O–H groups in total. The molecule has 0 radical (unpaired) electrons. The maximum Gasteiger partial charge on any atom is 0.162 e. The van der Waals surface area contributed by atoms with Gasteiger partial charge in [-0.3, -0.25) is 9.89 Å². The number of rotatable bonds is 4. The molecule has 2 fully saturated rings. The molecule has 2 aliphatic carbocycles. The summed E-state index contributed by atoms with van der Waals surface area (Å²) in [4.78, 5) is 8.50. The van der Waals surface area contributed by atoms with E-state index < -0.39 is 0 Å². The minimum atomic E-state index is 0.230. The molecule has 7 heteroatoms. The first-order valence-corrected chi connectivity index (χ1v) is 11.8. The van der Waals surface area contributed by atoms with Crippen molar-refractivity contribution >= 4 is 23.0 Å². The molecule has 6 rings (SSSR count). The van der Waals surface area contributed by atoms with E-state index in [0.29, 0.717) is 37.4 Å². The number of thiocarbonyl (C=S) groups is 1. The molecule has 0 aromatic heterocycles. The van der Waals surface area contributed by atoms with Gasteiger partial charge in [-0.25, -0.2) is 0 Å². The average Bonchev–Trinajstić information content (AvgIpc) is 3.56. The summed E-state index contributed by atoms with van der Waals surface area (Å²) in [6, 6.07) is 7.87. The van der Waals surface area contributed by atoms with Crippen LogP contribution in [0.3, 0.4) is 0 Å². The lowest BCUT2D eigenvalue weighted by molar-refractivity contribution is 0.161. The minimum absolute atomic E-state index is 0.230. The Morgan fingerprint density at radius 2 is 1.94 bits per heavy atom. The molecular formula is C24H28N4O2S. The second-order valence-electron chi connectivity index (χ2n) is 8.98. The summed E-state index contributed by atoms with van der Waals surface area (Å²) >= 11 is 5.77. The number of hydrogen-bond donors (Lipinski definition) is 2. The Balaban J connectivity index is 1.16. The number of benzene rings is 1. The van der Waals surface area contributed by atoms with Gasteiger partial charge in [-0.1, -0.05) is 36.5 Å². The van der Waals surface area contributed by atoms with Crippen molar-refractivity contribution in [2.24, 2.45) is 4.99 Å². The van der Waals surface area contributed by atoms with Crippen molar-refractivity contribution in [1.82, 2.24) is 15.5 Å². The highest BCUT2D eigenvalue weighted by molar-refractivity contribution is 7.80. The SMILES string of the molecule is S=C(N[C@@H]1CCN(C2CC2)[C@@H](C2=NC3C=CC=CC3N2)C1)c1ccc2c(c1)OCCO2. The summed E-state index contributed by atoms with van der Waals surface area (Å²) in [5, 5.41) is 7.33. The van der Waals surface area contributed by atoms with Crippen molar-refractivity contribution in [3.05, 3.63) is 48.1 Å². The van der Waals surface area contributed by atoms with Gasteiger partial charge < -0.3 is 20.1 Å². The van der Waals surface area contributed by atoms with Crippen LogP contribution in [-0.4, -0.2) is 65.7 Å². The van der Waals surface area contributed by atoms with Crippen LogP contribution >= 0.6 is 12.2 Å². The van der Waals surface area contributed by atoms with Crippen LogP contribution in [0.1, 0.15) is 31.2 Å². The Bertz CT molecular complexity index is 970. The summed E-state index contributed by atoms with van der Waals surface area (Å²) in [7, 11) is 0. The van der Waals surface area contributed by atoms with Crippen molar-refractivity contribution in [2.75, 3.05) is 19.8 Å². The Hall–Kier alpha value is -2.38. The lowest BCUT2D eigenvalue weighted by Crippen LogP contribution is -2.56. The molecule has 162 valence electrons. The number of fused-ring (bicyclic) bond motifs is 2. The minimum Gasteiger partial charge on any atom is -0.486 e. The molecule has 1 saturated carbocycles. The maximum atomic E-state index is 5.77. The number of ether oxygens (including phenoxy) is 2. The van der Waals surface area contributed by atoms with Crippen LogP contribution in [0, 0.1) is 0 Å². The smallest absolute Gasteiger partial charge is 0.162 e. The summed E-state index contributed by atoms with van der Waals surface area (Å²) in [6.07, 6.45) is 13.4. The fraction of sp³-hybridized carbons (Fsp3) is 0.500. The van der Waals surface area contributed by atoms with Crippen LogP contribution in [0.5, 0.6) is 11.5 Å². The maximum absolute atomic E-state index is 5.77. The van der Waals surface area contributed by atoms with E-state index >= 15 is 0 Å². The average molecular weight is 437 g/mol. The number of piperidine rings is 1. The molecular weight excluding hydrogens is 408 g/mol. The zero-order valence-electron chi connectivity index (χ0n) is 17.5. The normalized spacial score (nSPS) is 31.5. The molecule has 4 atom stereocenters. The van der Waals surface area contributed by atoms with E-state index in [4.69, 9.17) is 26.7 Å². The predicted octanol–water partition coefficient (Wildman–Crippen LogP) is 2.58. The van der Waals surface area contributed by atoms with Gasteiger partial charge in [-0.05, 0) is 43.9 Å². The van der Waals surface area contributed by atoms with Gasteiger partial charge in [0, 0.05) is 24.2 Å². The van der Waals surface area contributed by atoms with Gasteiger partial charge in [-0.15, -0.1) is 0 Å². The molecule has 1 aromatic carbocycles. The van der Waals surface area contributed by atoms with Gasteiger partial charge in [0.1, 0.15) is 24.0 Å². The van der Waals surface area contributed by atoms with Crippen molar-refractivity contribution in [3.63, 3.8) is 0 Å². The van der Waals surface area contributed by atoms with Crippen LogP contribution in [0.15, 0.2) is 47.5 Å². The highest BCUT2D eigenvalue weighted by Crippen LogP contribution is 2.35. The number of aliphatic imine (C=N–C) groups is 1. The second kappa shape index (κ2) is 7.95. The number of nitrogens with zero attached hydrogens (tertiary/aromatic N) is 2. The third-order valence-corrected chi connectivity index (χ3v) is 7.18. The number of allylic oxidation sites excluding steroid dienone is 2. The third kappa shape index (κ3) is 3.85. The van der Waals surface area contributed by atoms with Gasteiger partial charge in [-0.2, -0.15) is 0 Å². The summed E-state index contributed by atoms with van der Waals surface area (Å²) < 4.78 is 11.4. The molecule has 1 aromatic rings. The van der Waals surface area contributed by atoms with Gasteiger partial charge in [0.15, 0.2) is 11.5 Å². The number of likely N-dealkylation sites (tertiary alicyclic amines) is 1. The molecule has 31 heavy (non-hydrogen) atoms. The summed E-state index contributed by atoms with van der Waals surface area (Å²) in [5.41, 5.74) is 0.984. The van der Waals surface area contributed by atoms with Gasteiger partial charge >= 0.3 is 0 Å². The highest BCUT2D eigenvalue weighted by atomic mass is 32.1. The van der Waals surface area contributed by atoms with Crippen LogP contribution in [0.2, 0.25) is 0 Å². The quantitative estimate of drug-likeness (QED) is 0.708. The van der Waals surface area contributed by atoms with Crippen molar-refractivity contribution in [3.8, 4) is 11.5 Å². The van der Waals surface area contributed by atoms with Gasteiger partial charge in [0.25, 0.3) is 0 Å². The largest absolute Gasteiger partial charge is 0.486 e. The molecule has 3 heterocycles. The van der Waals surface area contributed by atoms with Crippen LogP contribution in [0.4, 0.5) is 0 Å². The Morgan fingerprint density at radius 3 is 2.77 bits per heavy atom. The molecule has 6 nitrogen and oxygen atoms in total. The van der Waals surface area contributed by atoms with Crippen molar-refractivity contribution < 1.29 is 9.47 Å². The number of amidine groups is 1. The Morgan fingerprint density at radius 1 is 1.10 bits per heavy atom. The Kier molecular flexibility index (Phi) is 4.95. The van der Waals surface area contributed by atoms with E-state index in [1.165, 1.54) is 12.8 Å². The zero-order valence-corrected chi connectivity index (χ0v) is 18.3. The molecule has 1 saturated heterocycles. The van der Waals surface area contributed by atoms with Crippen LogP contribution < -0.4 is 20.1 Å².